The fraction of sp³-hybridized carbons (Fsp3) is 0.300. The Morgan fingerprint density at radius 1 is 1.26 bits per heavy atom. The average Bonchev–Trinajstić information content (AvgIpc) is 3.36. The van der Waals surface area contributed by atoms with Crippen molar-refractivity contribution >= 4 is 23.2 Å². The highest BCUT2D eigenvalue weighted by atomic mass is 35.5. The van der Waals surface area contributed by atoms with E-state index in [9.17, 15) is 9.18 Å². The van der Waals surface area contributed by atoms with Crippen LogP contribution in [0.3, 0.4) is 0 Å². The summed E-state index contributed by atoms with van der Waals surface area (Å²) in [7, 11) is 0. The van der Waals surface area contributed by atoms with Crippen molar-refractivity contribution in [2.24, 2.45) is 11.1 Å². The first kappa shape index (κ1) is 16.6. The van der Waals surface area contributed by atoms with Crippen molar-refractivity contribution in [2.75, 3.05) is 19.7 Å². The van der Waals surface area contributed by atoms with Crippen LogP contribution in [0.4, 0.5) is 4.39 Å². The molecule has 5 rings (SSSR count). The van der Waals surface area contributed by atoms with Gasteiger partial charge in [0, 0.05) is 18.5 Å². The molecular weight excluding hydrogens is 371 g/mol. The van der Waals surface area contributed by atoms with Gasteiger partial charge in [-0.2, -0.15) is 0 Å². The molecule has 0 spiro atoms. The van der Waals surface area contributed by atoms with Crippen LogP contribution in [-0.4, -0.2) is 42.3 Å². The summed E-state index contributed by atoms with van der Waals surface area (Å²) in [5.74, 6) is 0.147. The molecule has 138 valence electrons. The monoisotopic (exact) mass is 386 g/mol. The van der Waals surface area contributed by atoms with Gasteiger partial charge in [-0.25, -0.2) is 4.39 Å². The van der Waals surface area contributed by atoms with E-state index in [2.05, 4.69) is 5.16 Å². The quantitative estimate of drug-likeness (QED) is 0.795. The molecule has 2 aromatic rings. The van der Waals surface area contributed by atoms with Gasteiger partial charge in [-0.1, -0.05) is 22.8 Å². The summed E-state index contributed by atoms with van der Waals surface area (Å²) in [5, 5.41) is 4.36. The van der Waals surface area contributed by atoms with Gasteiger partial charge in [0.1, 0.15) is 17.3 Å². The fourth-order valence-electron chi connectivity index (χ4n) is 3.98. The van der Waals surface area contributed by atoms with Gasteiger partial charge >= 0.3 is 0 Å². The van der Waals surface area contributed by atoms with Gasteiger partial charge in [0.15, 0.2) is 6.10 Å². The van der Waals surface area contributed by atoms with E-state index in [0.717, 1.165) is 17.7 Å². The van der Waals surface area contributed by atoms with Crippen molar-refractivity contribution in [3.63, 3.8) is 0 Å². The second-order valence-electron chi connectivity index (χ2n) is 6.95. The highest BCUT2D eigenvalue weighted by molar-refractivity contribution is 6.34. The van der Waals surface area contributed by atoms with Gasteiger partial charge in [-0.05, 0) is 35.9 Å². The normalized spacial score (nSPS) is 22.7. The molecule has 2 unspecified atom stereocenters. The van der Waals surface area contributed by atoms with Crippen LogP contribution < -0.4 is 4.74 Å². The maximum atomic E-state index is 14.3. The average molecular weight is 387 g/mol. The van der Waals surface area contributed by atoms with E-state index in [-0.39, 0.29) is 23.5 Å². The Balaban J connectivity index is 1.39. The SMILES string of the molecule is O=C(c1ccc2c(c1)CCO2)N1CC2ON=C(c3c(F)cccc3Cl)C2C1. The lowest BCUT2D eigenvalue weighted by Crippen LogP contribution is -2.30. The third-order valence-corrected chi connectivity index (χ3v) is 5.66. The Hall–Kier alpha value is -2.60. The number of likely N-dealkylation sites (tertiary alicyclic amines) is 1. The Kier molecular flexibility index (Phi) is 3.82. The lowest BCUT2D eigenvalue weighted by Gasteiger charge is -2.17. The highest BCUT2D eigenvalue weighted by Gasteiger charge is 2.45. The Morgan fingerprint density at radius 2 is 2.15 bits per heavy atom. The van der Waals surface area contributed by atoms with Crippen LogP contribution in [0.15, 0.2) is 41.6 Å². The van der Waals surface area contributed by atoms with Crippen molar-refractivity contribution in [1.82, 2.24) is 4.90 Å². The summed E-state index contributed by atoms with van der Waals surface area (Å²) < 4.78 is 19.8. The van der Waals surface area contributed by atoms with Crippen LogP contribution in [0.25, 0.3) is 0 Å². The number of hydrogen-bond acceptors (Lipinski definition) is 4. The minimum atomic E-state index is -0.436. The second kappa shape index (κ2) is 6.23. The van der Waals surface area contributed by atoms with E-state index in [1.807, 2.05) is 12.1 Å². The minimum Gasteiger partial charge on any atom is -0.493 e. The number of amides is 1. The van der Waals surface area contributed by atoms with Gasteiger partial charge in [0.05, 0.1) is 29.7 Å². The molecule has 0 saturated carbocycles. The summed E-state index contributed by atoms with van der Waals surface area (Å²) >= 11 is 6.18. The zero-order valence-electron chi connectivity index (χ0n) is 14.3. The molecule has 2 aromatic carbocycles. The second-order valence-corrected chi connectivity index (χ2v) is 7.36. The number of hydrogen-bond donors (Lipinski definition) is 0. The molecule has 1 saturated heterocycles. The molecule has 2 atom stereocenters. The fourth-order valence-corrected chi connectivity index (χ4v) is 4.24. The van der Waals surface area contributed by atoms with Crippen molar-refractivity contribution in [3.05, 3.63) is 63.9 Å². The van der Waals surface area contributed by atoms with Gasteiger partial charge in [-0.3, -0.25) is 4.79 Å². The number of ether oxygens (including phenoxy) is 1. The van der Waals surface area contributed by atoms with Gasteiger partial charge in [0.25, 0.3) is 5.91 Å². The number of carbonyl (C=O) groups excluding carboxylic acids is 1. The Morgan fingerprint density at radius 3 is 3.00 bits per heavy atom. The van der Waals surface area contributed by atoms with Gasteiger partial charge in [0.2, 0.25) is 0 Å². The van der Waals surface area contributed by atoms with E-state index in [4.69, 9.17) is 21.2 Å². The molecular formula is C20H16ClFN2O3. The number of benzene rings is 2. The van der Waals surface area contributed by atoms with Crippen LogP contribution in [0, 0.1) is 11.7 Å². The van der Waals surface area contributed by atoms with Crippen molar-refractivity contribution in [2.45, 2.75) is 12.5 Å². The lowest BCUT2D eigenvalue weighted by molar-refractivity contribution is 0.0631. The molecule has 1 amide bonds. The molecule has 0 bridgehead atoms. The van der Waals surface area contributed by atoms with Gasteiger partial charge in [-0.15, -0.1) is 0 Å². The molecule has 3 heterocycles. The topological polar surface area (TPSA) is 51.1 Å². The van der Waals surface area contributed by atoms with E-state index in [1.165, 1.54) is 6.07 Å². The molecule has 7 heteroatoms. The molecule has 0 radical (unpaired) electrons. The summed E-state index contributed by atoms with van der Waals surface area (Å²) in [4.78, 5) is 20.2. The number of halogens is 2. The minimum absolute atomic E-state index is 0.0679. The third-order valence-electron chi connectivity index (χ3n) is 5.35. The molecule has 0 N–H and O–H groups in total. The van der Waals surface area contributed by atoms with E-state index >= 15 is 0 Å². The maximum absolute atomic E-state index is 14.3. The van der Waals surface area contributed by atoms with Crippen LogP contribution in [0.2, 0.25) is 5.02 Å². The first-order valence-electron chi connectivity index (χ1n) is 8.85. The van der Waals surface area contributed by atoms with Crippen molar-refractivity contribution in [1.29, 1.82) is 0 Å². The first-order chi connectivity index (χ1) is 13.1. The molecule has 5 nitrogen and oxygen atoms in total. The first-order valence-corrected chi connectivity index (χ1v) is 9.22. The number of rotatable bonds is 2. The predicted molar refractivity (Wildman–Crippen MR) is 97.9 cm³/mol. The maximum Gasteiger partial charge on any atom is 0.254 e. The Labute approximate surface area is 160 Å². The number of nitrogens with zero attached hydrogens (tertiary/aromatic N) is 2. The summed E-state index contributed by atoms with van der Waals surface area (Å²) in [6.07, 6.45) is 0.533. The molecule has 0 aromatic heterocycles. The molecule has 27 heavy (non-hydrogen) atoms. The van der Waals surface area contributed by atoms with E-state index in [1.54, 1.807) is 23.1 Å². The summed E-state index contributed by atoms with van der Waals surface area (Å²) in [6, 6.07) is 10.0. The number of fused-ring (bicyclic) bond motifs is 2. The molecule has 1 fully saturated rings. The summed E-state index contributed by atoms with van der Waals surface area (Å²) in [5.41, 5.74) is 2.41. The Bertz CT molecular complexity index is 957. The van der Waals surface area contributed by atoms with E-state index < -0.39 is 5.82 Å². The highest BCUT2D eigenvalue weighted by Crippen LogP contribution is 2.34. The number of oxime groups is 1. The smallest absolute Gasteiger partial charge is 0.254 e. The van der Waals surface area contributed by atoms with Gasteiger partial charge < -0.3 is 14.5 Å². The zero-order chi connectivity index (χ0) is 18.5. The van der Waals surface area contributed by atoms with Crippen LogP contribution >= 0.6 is 11.6 Å². The van der Waals surface area contributed by atoms with Crippen LogP contribution in [-0.2, 0) is 11.3 Å². The predicted octanol–water partition coefficient (Wildman–Crippen LogP) is 3.29. The standard InChI is InChI=1S/C20H16ClFN2O3/c21-14-2-1-3-15(22)18(14)19-13-9-24(10-17(13)27-23-19)20(25)12-4-5-16-11(8-12)6-7-26-16/h1-5,8,13,17H,6-7,9-10H2. The molecule has 0 aliphatic carbocycles. The molecule has 3 aliphatic rings. The molecule has 3 aliphatic heterocycles. The largest absolute Gasteiger partial charge is 0.493 e. The van der Waals surface area contributed by atoms with E-state index in [0.29, 0.717) is 36.0 Å². The number of carbonyl (C=O) groups is 1. The van der Waals surface area contributed by atoms with Crippen molar-refractivity contribution in [3.8, 4) is 5.75 Å². The third kappa shape index (κ3) is 2.67. The zero-order valence-corrected chi connectivity index (χ0v) is 15.1. The lowest BCUT2D eigenvalue weighted by atomic mass is 9.94. The van der Waals surface area contributed by atoms with Crippen LogP contribution in [0.1, 0.15) is 21.5 Å². The van der Waals surface area contributed by atoms with Crippen molar-refractivity contribution < 1.29 is 18.8 Å². The summed E-state index contributed by atoms with van der Waals surface area (Å²) in [6.45, 7) is 1.48. The van der Waals surface area contributed by atoms with Crippen LogP contribution in [0.5, 0.6) is 5.75 Å².